The van der Waals surface area contributed by atoms with Gasteiger partial charge in [-0.05, 0) is 49.9 Å². The number of carbonyl (C=O) groups is 1. The van der Waals surface area contributed by atoms with Crippen LogP contribution in [0.2, 0.25) is 0 Å². The van der Waals surface area contributed by atoms with Crippen LogP contribution in [0.15, 0.2) is 30.3 Å². The minimum Gasteiger partial charge on any atom is -0.342 e. The van der Waals surface area contributed by atoms with Gasteiger partial charge in [-0.2, -0.15) is 5.10 Å². The first-order valence-corrected chi connectivity index (χ1v) is 8.89. The molecule has 25 heavy (non-hydrogen) atoms. The van der Waals surface area contributed by atoms with Gasteiger partial charge in [0.05, 0.1) is 12.2 Å². The van der Waals surface area contributed by atoms with E-state index >= 15 is 0 Å². The van der Waals surface area contributed by atoms with E-state index in [1.54, 1.807) is 4.90 Å². The first-order valence-electron chi connectivity index (χ1n) is 8.89. The van der Waals surface area contributed by atoms with Crippen LogP contribution in [-0.2, 0) is 6.54 Å². The van der Waals surface area contributed by atoms with Gasteiger partial charge in [0.25, 0.3) is 5.91 Å². The van der Waals surface area contributed by atoms with Crippen LogP contribution in [-0.4, -0.2) is 40.2 Å². The third-order valence-electron chi connectivity index (χ3n) is 4.61. The minimum absolute atomic E-state index is 0.0335. The van der Waals surface area contributed by atoms with E-state index in [2.05, 4.69) is 25.0 Å². The summed E-state index contributed by atoms with van der Waals surface area (Å²) in [6, 6.07) is 9.96. The monoisotopic (exact) mass is 342 g/mol. The number of hydrogen-bond acceptors (Lipinski definition) is 3. The molecule has 2 N–H and O–H groups in total. The molecule has 136 valence electrons. The van der Waals surface area contributed by atoms with Gasteiger partial charge in [-0.1, -0.05) is 26.0 Å². The van der Waals surface area contributed by atoms with Crippen molar-refractivity contribution in [3.8, 4) is 0 Å². The zero-order valence-corrected chi connectivity index (χ0v) is 16.0. The Balaban J connectivity index is 2.04. The summed E-state index contributed by atoms with van der Waals surface area (Å²) in [5.41, 5.74) is 9.99. The van der Waals surface area contributed by atoms with Gasteiger partial charge in [-0.15, -0.1) is 0 Å². The van der Waals surface area contributed by atoms with E-state index in [-0.39, 0.29) is 11.9 Å². The highest BCUT2D eigenvalue weighted by Gasteiger charge is 2.15. The maximum Gasteiger partial charge on any atom is 0.253 e. The second-order valence-electron chi connectivity index (χ2n) is 7.21. The molecule has 5 heteroatoms. The number of nitrogens with zero attached hydrogens (tertiary/aromatic N) is 3. The topological polar surface area (TPSA) is 64.2 Å². The molecule has 0 bridgehead atoms. The molecular formula is C20H30N4O. The van der Waals surface area contributed by atoms with Crippen molar-refractivity contribution in [1.29, 1.82) is 0 Å². The smallest absolute Gasteiger partial charge is 0.253 e. The highest BCUT2D eigenvalue weighted by molar-refractivity contribution is 5.94. The van der Waals surface area contributed by atoms with E-state index in [4.69, 9.17) is 5.73 Å². The fourth-order valence-corrected chi connectivity index (χ4v) is 2.81. The van der Waals surface area contributed by atoms with Gasteiger partial charge >= 0.3 is 0 Å². The van der Waals surface area contributed by atoms with Crippen molar-refractivity contribution in [2.75, 3.05) is 13.6 Å². The second-order valence-corrected chi connectivity index (χ2v) is 7.21. The van der Waals surface area contributed by atoms with Crippen molar-refractivity contribution >= 4 is 5.91 Å². The lowest BCUT2D eigenvalue weighted by atomic mass is 10.0. The molecule has 0 radical (unpaired) electrons. The largest absolute Gasteiger partial charge is 0.342 e. The van der Waals surface area contributed by atoms with Crippen molar-refractivity contribution in [2.45, 2.75) is 46.7 Å². The molecule has 0 fully saturated rings. The Morgan fingerprint density at radius 2 is 2.00 bits per heavy atom. The van der Waals surface area contributed by atoms with Crippen LogP contribution in [0.4, 0.5) is 0 Å². The molecule has 5 nitrogen and oxygen atoms in total. The number of carbonyl (C=O) groups excluding carboxylic acids is 1. The summed E-state index contributed by atoms with van der Waals surface area (Å²) in [5.74, 6) is 0.457. The quantitative estimate of drug-likeness (QED) is 0.841. The van der Waals surface area contributed by atoms with E-state index in [1.165, 1.54) is 0 Å². The average Bonchev–Trinajstić information content (AvgIpc) is 2.88. The van der Waals surface area contributed by atoms with E-state index < -0.39 is 0 Å². The Kier molecular flexibility index (Phi) is 6.37. The summed E-state index contributed by atoms with van der Waals surface area (Å²) in [6.45, 7) is 9.58. The van der Waals surface area contributed by atoms with E-state index in [0.29, 0.717) is 24.6 Å². The first kappa shape index (κ1) is 19.2. The molecule has 0 aliphatic rings. The number of nitrogens with two attached hydrogens (primary N) is 1. The molecular weight excluding hydrogens is 312 g/mol. The molecule has 0 spiro atoms. The molecule has 2 rings (SSSR count). The maximum absolute atomic E-state index is 12.7. The van der Waals surface area contributed by atoms with Crippen LogP contribution in [0.3, 0.4) is 0 Å². The van der Waals surface area contributed by atoms with Gasteiger partial charge in [-0.25, -0.2) is 0 Å². The van der Waals surface area contributed by atoms with Crippen LogP contribution in [0.25, 0.3) is 0 Å². The number of benzene rings is 1. The number of rotatable bonds is 7. The Morgan fingerprint density at radius 3 is 2.60 bits per heavy atom. The summed E-state index contributed by atoms with van der Waals surface area (Å²) < 4.78 is 1.96. The zero-order chi connectivity index (χ0) is 18.6. The summed E-state index contributed by atoms with van der Waals surface area (Å²) in [4.78, 5) is 14.4. The van der Waals surface area contributed by atoms with Crippen molar-refractivity contribution in [3.05, 3.63) is 52.8 Å². The van der Waals surface area contributed by atoms with Gasteiger partial charge in [0.2, 0.25) is 0 Å². The Bertz CT molecular complexity index is 720. The Hall–Kier alpha value is -2.14. The number of hydrogen-bond donors (Lipinski definition) is 1. The van der Waals surface area contributed by atoms with Gasteiger partial charge < -0.3 is 10.6 Å². The molecule has 0 aliphatic heterocycles. The molecule has 0 saturated carbocycles. The molecule has 0 aliphatic carbocycles. The van der Waals surface area contributed by atoms with E-state index in [1.807, 2.05) is 49.8 Å². The van der Waals surface area contributed by atoms with Gasteiger partial charge in [-0.3, -0.25) is 9.48 Å². The predicted molar refractivity (Wildman–Crippen MR) is 102 cm³/mol. The zero-order valence-electron chi connectivity index (χ0n) is 16.0. The van der Waals surface area contributed by atoms with Crippen LogP contribution >= 0.6 is 0 Å². The van der Waals surface area contributed by atoms with Crippen LogP contribution in [0, 0.1) is 19.8 Å². The minimum atomic E-state index is 0.0335. The lowest BCUT2D eigenvalue weighted by Gasteiger charge is -2.21. The van der Waals surface area contributed by atoms with Crippen LogP contribution in [0.1, 0.15) is 47.6 Å². The van der Waals surface area contributed by atoms with Gasteiger partial charge in [0, 0.05) is 30.9 Å². The fourth-order valence-electron chi connectivity index (χ4n) is 2.81. The lowest BCUT2D eigenvalue weighted by molar-refractivity contribution is 0.0789. The first-order chi connectivity index (χ1) is 11.8. The summed E-state index contributed by atoms with van der Waals surface area (Å²) in [5, 5.41) is 4.49. The fraction of sp³-hybridized carbons (Fsp3) is 0.500. The third-order valence-corrected chi connectivity index (χ3v) is 4.61. The van der Waals surface area contributed by atoms with Crippen molar-refractivity contribution in [2.24, 2.45) is 11.7 Å². The van der Waals surface area contributed by atoms with Crippen molar-refractivity contribution in [1.82, 2.24) is 14.7 Å². The maximum atomic E-state index is 12.7. The molecule has 0 saturated heterocycles. The third kappa shape index (κ3) is 5.16. The molecule has 1 amide bonds. The van der Waals surface area contributed by atoms with E-state index in [9.17, 15) is 4.79 Å². The lowest BCUT2D eigenvalue weighted by Crippen LogP contribution is -2.34. The van der Waals surface area contributed by atoms with Gasteiger partial charge in [0.15, 0.2) is 0 Å². The summed E-state index contributed by atoms with van der Waals surface area (Å²) in [7, 11) is 1.84. The van der Waals surface area contributed by atoms with E-state index in [0.717, 1.165) is 23.4 Å². The van der Waals surface area contributed by atoms with Crippen LogP contribution < -0.4 is 5.73 Å². The highest BCUT2D eigenvalue weighted by Crippen LogP contribution is 2.12. The molecule has 1 atom stereocenters. The summed E-state index contributed by atoms with van der Waals surface area (Å²) >= 11 is 0. The molecule has 1 aromatic heterocycles. The van der Waals surface area contributed by atoms with Crippen molar-refractivity contribution in [3.63, 3.8) is 0 Å². The summed E-state index contributed by atoms with van der Waals surface area (Å²) in [6.07, 6.45) is 0.811. The molecule has 1 unspecified atom stereocenters. The second kappa shape index (κ2) is 8.30. The molecule has 1 heterocycles. The molecule has 1 aromatic carbocycles. The Labute approximate surface area is 150 Å². The SMILES string of the molecule is Cc1cc(C)n(Cc2cccc(C(=O)N(C)CCC(N)C(C)C)c2)n1. The normalized spacial score (nSPS) is 12.4. The number of amides is 1. The standard InChI is InChI=1S/C20H30N4O/c1-14(2)19(21)9-10-23(5)20(25)18-8-6-7-17(12-18)13-24-16(4)11-15(3)22-24/h6-8,11-12,14,19H,9-10,13,21H2,1-5H3. The number of aryl methyl sites for hydroxylation is 2. The van der Waals surface area contributed by atoms with Gasteiger partial charge in [0.1, 0.15) is 0 Å². The highest BCUT2D eigenvalue weighted by atomic mass is 16.2. The predicted octanol–water partition coefficient (Wildman–Crippen LogP) is 2.99. The average molecular weight is 342 g/mol. The van der Waals surface area contributed by atoms with Crippen molar-refractivity contribution < 1.29 is 4.79 Å². The molecule has 2 aromatic rings. The van der Waals surface area contributed by atoms with Crippen LogP contribution in [0.5, 0.6) is 0 Å². The number of aromatic nitrogens is 2. The Morgan fingerprint density at radius 1 is 1.28 bits per heavy atom.